The van der Waals surface area contributed by atoms with Gasteiger partial charge in [-0.3, -0.25) is 4.98 Å². The third-order valence-corrected chi connectivity index (χ3v) is 3.66. The molecule has 6 nitrogen and oxygen atoms in total. The first-order chi connectivity index (χ1) is 9.54. The second kappa shape index (κ2) is 6.17. The highest BCUT2D eigenvalue weighted by atomic mass is 32.2. The van der Waals surface area contributed by atoms with E-state index in [4.69, 9.17) is 14.6 Å². The number of ether oxygens (including phenoxy) is 2. The number of primary sulfonamides is 1. The Morgan fingerprint density at radius 2 is 2.05 bits per heavy atom. The molecule has 0 spiro atoms. The Bertz CT molecular complexity index is 701. The maximum atomic E-state index is 11.5. The van der Waals surface area contributed by atoms with E-state index >= 15 is 0 Å². The van der Waals surface area contributed by atoms with Gasteiger partial charge in [-0.25, -0.2) is 13.6 Å². The van der Waals surface area contributed by atoms with Crippen LogP contribution in [0.2, 0.25) is 0 Å². The number of hydrogen-bond donors (Lipinski definition) is 1. The Labute approximate surface area is 117 Å². The van der Waals surface area contributed by atoms with E-state index in [1.54, 1.807) is 24.4 Å². The fraction of sp³-hybridized carbons (Fsp3) is 0.308. The van der Waals surface area contributed by atoms with Crippen molar-refractivity contribution < 1.29 is 17.9 Å². The van der Waals surface area contributed by atoms with Gasteiger partial charge in [0.25, 0.3) is 0 Å². The topological polar surface area (TPSA) is 91.5 Å². The molecule has 2 N–H and O–H groups in total. The smallest absolute Gasteiger partial charge is 0.238 e. The summed E-state index contributed by atoms with van der Waals surface area (Å²) < 4.78 is 33.8. The van der Waals surface area contributed by atoms with Crippen LogP contribution in [-0.4, -0.2) is 33.2 Å². The lowest BCUT2D eigenvalue weighted by Gasteiger charge is -2.10. The van der Waals surface area contributed by atoms with Gasteiger partial charge in [-0.05, 0) is 31.2 Å². The summed E-state index contributed by atoms with van der Waals surface area (Å²) in [5.74, 6) is 0.507. The zero-order chi connectivity index (χ0) is 14.6. The van der Waals surface area contributed by atoms with E-state index in [0.29, 0.717) is 36.5 Å². The van der Waals surface area contributed by atoms with Crippen LogP contribution in [0.4, 0.5) is 0 Å². The van der Waals surface area contributed by atoms with Crippen LogP contribution in [0.15, 0.2) is 35.4 Å². The Hall–Kier alpha value is -1.70. The molecule has 7 heteroatoms. The molecule has 0 saturated heterocycles. The SMILES string of the molecule is CCOCCOc1ccc(S(N)(=O)=O)c2cccnc12. The molecule has 2 aromatic rings. The van der Waals surface area contributed by atoms with E-state index in [9.17, 15) is 8.42 Å². The van der Waals surface area contributed by atoms with Crippen LogP contribution >= 0.6 is 0 Å². The first-order valence-electron chi connectivity index (χ1n) is 6.15. The zero-order valence-electron chi connectivity index (χ0n) is 11.1. The fourth-order valence-electron chi connectivity index (χ4n) is 1.84. The van der Waals surface area contributed by atoms with E-state index < -0.39 is 10.0 Å². The second-order valence-electron chi connectivity index (χ2n) is 4.05. The summed E-state index contributed by atoms with van der Waals surface area (Å²) in [5, 5.41) is 5.64. The van der Waals surface area contributed by atoms with Gasteiger partial charge in [-0.15, -0.1) is 0 Å². The number of hydrogen-bond acceptors (Lipinski definition) is 5. The predicted molar refractivity (Wildman–Crippen MR) is 75.1 cm³/mol. The highest BCUT2D eigenvalue weighted by Crippen LogP contribution is 2.28. The summed E-state index contributed by atoms with van der Waals surface area (Å²) >= 11 is 0. The van der Waals surface area contributed by atoms with Crippen LogP contribution in [0.1, 0.15) is 6.92 Å². The van der Waals surface area contributed by atoms with Crippen molar-refractivity contribution >= 4 is 20.9 Å². The van der Waals surface area contributed by atoms with Crippen molar-refractivity contribution in [3.8, 4) is 5.75 Å². The minimum Gasteiger partial charge on any atom is -0.489 e. The average Bonchev–Trinajstić information content (AvgIpc) is 2.42. The molecule has 0 fully saturated rings. The fourth-order valence-corrected chi connectivity index (χ4v) is 2.57. The molecule has 0 saturated carbocycles. The normalized spacial score (nSPS) is 11.7. The van der Waals surface area contributed by atoms with Crippen molar-refractivity contribution in [3.05, 3.63) is 30.5 Å². The van der Waals surface area contributed by atoms with Gasteiger partial charge in [0.2, 0.25) is 10.0 Å². The lowest BCUT2D eigenvalue weighted by atomic mass is 10.2. The number of rotatable bonds is 6. The summed E-state index contributed by atoms with van der Waals surface area (Å²) in [6, 6.07) is 6.29. The van der Waals surface area contributed by atoms with E-state index in [0.717, 1.165) is 0 Å². The molecule has 0 amide bonds. The number of nitrogens with zero attached hydrogens (tertiary/aromatic N) is 1. The molecule has 20 heavy (non-hydrogen) atoms. The van der Waals surface area contributed by atoms with Gasteiger partial charge in [-0.1, -0.05) is 0 Å². The van der Waals surface area contributed by atoms with Crippen molar-refractivity contribution in [1.29, 1.82) is 0 Å². The van der Waals surface area contributed by atoms with Crippen LogP contribution in [0, 0.1) is 0 Å². The summed E-state index contributed by atoms with van der Waals surface area (Å²) in [6.45, 7) is 3.35. The number of sulfonamides is 1. The summed E-state index contributed by atoms with van der Waals surface area (Å²) in [4.78, 5) is 4.21. The molecule has 0 atom stereocenters. The van der Waals surface area contributed by atoms with Crippen LogP contribution in [0.3, 0.4) is 0 Å². The molecule has 1 aromatic carbocycles. The molecule has 0 aliphatic carbocycles. The molecule has 0 aliphatic heterocycles. The van der Waals surface area contributed by atoms with Crippen LogP contribution < -0.4 is 9.88 Å². The Balaban J connectivity index is 2.39. The number of benzene rings is 1. The lowest BCUT2D eigenvalue weighted by Crippen LogP contribution is -2.13. The van der Waals surface area contributed by atoms with E-state index in [2.05, 4.69) is 4.98 Å². The van der Waals surface area contributed by atoms with E-state index in [1.165, 1.54) is 6.07 Å². The maximum Gasteiger partial charge on any atom is 0.238 e. The molecule has 2 rings (SSSR count). The number of pyridine rings is 1. The number of fused-ring (bicyclic) bond motifs is 1. The molecule has 108 valence electrons. The minimum atomic E-state index is -3.80. The van der Waals surface area contributed by atoms with E-state index in [1.807, 2.05) is 6.92 Å². The molecule has 1 aromatic heterocycles. The molecular formula is C13H16N2O4S. The Kier molecular flexibility index (Phi) is 4.53. The summed E-state index contributed by atoms with van der Waals surface area (Å²) in [5.41, 5.74) is 0.468. The van der Waals surface area contributed by atoms with Gasteiger partial charge in [-0.2, -0.15) is 0 Å². The molecular weight excluding hydrogens is 280 g/mol. The minimum absolute atomic E-state index is 0.0396. The second-order valence-corrected chi connectivity index (χ2v) is 5.58. The zero-order valence-corrected chi connectivity index (χ0v) is 11.9. The van der Waals surface area contributed by atoms with Gasteiger partial charge in [0, 0.05) is 18.2 Å². The van der Waals surface area contributed by atoms with E-state index in [-0.39, 0.29) is 4.90 Å². The molecule has 0 unspecified atom stereocenters. The number of nitrogens with two attached hydrogens (primary N) is 1. The van der Waals surface area contributed by atoms with Gasteiger partial charge in [0.1, 0.15) is 17.9 Å². The van der Waals surface area contributed by atoms with Crippen LogP contribution in [0.25, 0.3) is 10.9 Å². The average molecular weight is 296 g/mol. The van der Waals surface area contributed by atoms with Crippen molar-refractivity contribution in [1.82, 2.24) is 4.98 Å². The lowest BCUT2D eigenvalue weighted by molar-refractivity contribution is 0.110. The third-order valence-electron chi connectivity index (χ3n) is 2.69. The van der Waals surface area contributed by atoms with Crippen molar-refractivity contribution in [2.24, 2.45) is 5.14 Å². The maximum absolute atomic E-state index is 11.5. The highest BCUT2D eigenvalue weighted by Gasteiger charge is 2.15. The largest absolute Gasteiger partial charge is 0.489 e. The first kappa shape index (κ1) is 14.7. The molecule has 0 aliphatic rings. The standard InChI is InChI=1S/C13H16N2O4S/c1-2-18-8-9-19-11-5-6-12(20(14,16)17)10-4-3-7-15-13(10)11/h3-7H,2,8-9H2,1H3,(H2,14,16,17). The van der Waals surface area contributed by atoms with Crippen molar-refractivity contribution in [2.45, 2.75) is 11.8 Å². The predicted octanol–water partition coefficient (Wildman–Crippen LogP) is 1.30. The molecule has 0 bridgehead atoms. The van der Waals surface area contributed by atoms with Gasteiger partial charge < -0.3 is 9.47 Å². The first-order valence-corrected chi connectivity index (χ1v) is 7.69. The summed E-state index contributed by atoms with van der Waals surface area (Å²) in [7, 11) is -3.80. The Morgan fingerprint density at radius 3 is 2.75 bits per heavy atom. The van der Waals surface area contributed by atoms with Gasteiger partial charge in [0.05, 0.1) is 11.5 Å². The van der Waals surface area contributed by atoms with Crippen LogP contribution in [0.5, 0.6) is 5.75 Å². The highest BCUT2D eigenvalue weighted by molar-refractivity contribution is 7.89. The quantitative estimate of drug-likeness (QED) is 0.811. The van der Waals surface area contributed by atoms with Crippen LogP contribution in [-0.2, 0) is 14.8 Å². The Morgan fingerprint density at radius 1 is 1.25 bits per heavy atom. The van der Waals surface area contributed by atoms with Gasteiger partial charge in [0.15, 0.2) is 0 Å². The third kappa shape index (κ3) is 3.24. The van der Waals surface area contributed by atoms with Gasteiger partial charge >= 0.3 is 0 Å². The molecule has 0 radical (unpaired) electrons. The summed E-state index contributed by atoms with van der Waals surface area (Å²) in [6.07, 6.45) is 1.57. The van der Waals surface area contributed by atoms with Crippen molar-refractivity contribution in [3.63, 3.8) is 0 Å². The monoisotopic (exact) mass is 296 g/mol. The molecule has 1 heterocycles. The van der Waals surface area contributed by atoms with Crippen molar-refractivity contribution in [2.75, 3.05) is 19.8 Å². The number of aromatic nitrogens is 1.